The Morgan fingerprint density at radius 1 is 1.00 bits per heavy atom. The third-order valence-electron chi connectivity index (χ3n) is 8.68. The van der Waals surface area contributed by atoms with Crippen molar-refractivity contribution in [3.63, 3.8) is 0 Å². The van der Waals surface area contributed by atoms with Crippen LogP contribution in [0.2, 0.25) is 0 Å². The van der Waals surface area contributed by atoms with E-state index in [-0.39, 0.29) is 47.6 Å². The van der Waals surface area contributed by atoms with Crippen LogP contribution in [0.3, 0.4) is 0 Å². The fourth-order valence-electron chi connectivity index (χ4n) is 6.28. The van der Waals surface area contributed by atoms with E-state index < -0.39 is 24.4 Å². The minimum atomic E-state index is -0.782. The Morgan fingerprint density at radius 2 is 1.72 bits per heavy atom. The number of allylic oxidation sites excluding steroid dienone is 6. The lowest BCUT2D eigenvalue weighted by Gasteiger charge is -2.42. The molecule has 6 heteroatoms. The minimum Gasteiger partial charge on any atom is -0.373 e. The van der Waals surface area contributed by atoms with Crippen LogP contribution < -0.4 is 5.32 Å². The van der Waals surface area contributed by atoms with Crippen LogP contribution >= 0.6 is 0 Å². The fraction of sp³-hybridized carbons (Fsp3) is 0.636. The van der Waals surface area contributed by atoms with Crippen molar-refractivity contribution in [3.05, 3.63) is 59.3 Å². The van der Waals surface area contributed by atoms with Crippen LogP contribution in [0.5, 0.6) is 0 Å². The van der Waals surface area contributed by atoms with E-state index >= 15 is 0 Å². The number of ketones is 1. The Hall–Kier alpha value is -2.28. The number of carbonyl (C=O) groups excluding carboxylic acids is 2. The van der Waals surface area contributed by atoms with Crippen molar-refractivity contribution in [3.8, 4) is 0 Å². The molecule has 0 aromatic rings. The smallest absolute Gasteiger partial charge is 0.248 e. The number of amides is 1. The van der Waals surface area contributed by atoms with Crippen LogP contribution in [0.25, 0.3) is 0 Å². The quantitative estimate of drug-likeness (QED) is 0.459. The van der Waals surface area contributed by atoms with Crippen LogP contribution in [-0.4, -0.2) is 49.4 Å². The van der Waals surface area contributed by atoms with Gasteiger partial charge < -0.3 is 19.5 Å². The highest BCUT2D eigenvalue weighted by molar-refractivity contribution is 5.93. The second-order valence-electron chi connectivity index (χ2n) is 11.9. The Labute approximate surface area is 235 Å². The van der Waals surface area contributed by atoms with Gasteiger partial charge in [-0.25, -0.2) is 0 Å². The molecule has 4 bridgehead atoms. The molecule has 0 spiro atoms. The first-order valence-corrected chi connectivity index (χ1v) is 14.5. The van der Waals surface area contributed by atoms with Crippen molar-refractivity contribution in [1.82, 2.24) is 5.32 Å². The Morgan fingerprint density at radius 3 is 2.38 bits per heavy atom. The third-order valence-corrected chi connectivity index (χ3v) is 8.68. The number of hydrogen-bond donors (Lipinski definition) is 1. The molecule has 6 nitrogen and oxygen atoms in total. The largest absolute Gasteiger partial charge is 0.373 e. The van der Waals surface area contributed by atoms with E-state index in [0.29, 0.717) is 5.57 Å². The molecule has 0 aromatic heterocycles. The molecule has 1 N–H and O–H groups in total. The van der Waals surface area contributed by atoms with Gasteiger partial charge in [-0.05, 0) is 51.5 Å². The van der Waals surface area contributed by atoms with E-state index in [1.54, 1.807) is 13.2 Å². The Balaban J connectivity index is 2.33. The summed E-state index contributed by atoms with van der Waals surface area (Å²) in [5.41, 5.74) is 2.81. The highest BCUT2D eigenvalue weighted by atomic mass is 16.6. The van der Waals surface area contributed by atoms with Crippen molar-refractivity contribution in [2.75, 3.05) is 7.11 Å². The van der Waals surface area contributed by atoms with Gasteiger partial charge in [0.15, 0.2) is 12.0 Å². The number of nitrogens with one attached hydrogen (secondary N) is 1. The van der Waals surface area contributed by atoms with Gasteiger partial charge in [0.2, 0.25) is 5.91 Å². The normalized spacial score (nSPS) is 38.8. The molecule has 216 valence electrons. The van der Waals surface area contributed by atoms with E-state index in [9.17, 15) is 9.59 Å². The first-order valence-electron chi connectivity index (χ1n) is 14.5. The number of ether oxygens (including phenoxy) is 3. The second-order valence-corrected chi connectivity index (χ2v) is 11.9. The molecular weight excluding hydrogens is 490 g/mol. The summed E-state index contributed by atoms with van der Waals surface area (Å²) in [4.78, 5) is 26.9. The fourth-order valence-corrected chi connectivity index (χ4v) is 6.28. The maximum absolute atomic E-state index is 13.6. The predicted octanol–water partition coefficient (Wildman–Crippen LogP) is 6.10. The van der Waals surface area contributed by atoms with E-state index in [2.05, 4.69) is 52.1 Å². The van der Waals surface area contributed by atoms with Gasteiger partial charge in [-0.15, -0.1) is 0 Å². The van der Waals surface area contributed by atoms with Crippen molar-refractivity contribution in [2.24, 2.45) is 29.6 Å². The van der Waals surface area contributed by atoms with Crippen molar-refractivity contribution in [2.45, 2.75) is 98.9 Å². The summed E-state index contributed by atoms with van der Waals surface area (Å²) in [6, 6.07) is 0. The minimum absolute atomic E-state index is 0.0201. The predicted molar refractivity (Wildman–Crippen MR) is 156 cm³/mol. The van der Waals surface area contributed by atoms with Gasteiger partial charge in [0, 0.05) is 30.4 Å². The maximum Gasteiger partial charge on any atom is 0.248 e. The monoisotopic (exact) mass is 539 g/mol. The zero-order chi connectivity index (χ0) is 28.9. The average Bonchev–Trinajstić information content (AvgIpc) is 2.91. The first kappa shape index (κ1) is 31.3. The third kappa shape index (κ3) is 7.68. The summed E-state index contributed by atoms with van der Waals surface area (Å²) >= 11 is 0. The molecule has 3 heterocycles. The molecule has 0 aromatic carbocycles. The number of carbonyl (C=O) groups is 2. The number of methoxy groups -OCH3 is 1. The molecule has 0 fully saturated rings. The summed E-state index contributed by atoms with van der Waals surface area (Å²) < 4.78 is 19.7. The first-order chi connectivity index (χ1) is 18.5. The van der Waals surface area contributed by atoms with Crippen LogP contribution in [0.1, 0.15) is 68.2 Å². The van der Waals surface area contributed by atoms with Crippen LogP contribution in [0.4, 0.5) is 0 Å². The lowest BCUT2D eigenvalue weighted by molar-refractivity contribution is -0.159. The molecule has 3 rings (SSSR count). The summed E-state index contributed by atoms with van der Waals surface area (Å²) in [5.74, 6) is -0.473. The Kier molecular flexibility index (Phi) is 11.1. The van der Waals surface area contributed by atoms with Gasteiger partial charge in [-0.1, -0.05) is 82.2 Å². The average molecular weight is 540 g/mol. The molecule has 3 unspecified atom stereocenters. The zero-order valence-electron chi connectivity index (χ0n) is 25.3. The van der Waals surface area contributed by atoms with Crippen LogP contribution in [-0.2, 0) is 23.8 Å². The lowest BCUT2D eigenvalue weighted by atomic mass is 9.73. The van der Waals surface area contributed by atoms with Crippen molar-refractivity contribution < 1.29 is 23.8 Å². The maximum atomic E-state index is 13.6. The molecule has 10 atom stereocenters. The van der Waals surface area contributed by atoms with Gasteiger partial charge in [-0.2, -0.15) is 0 Å². The van der Waals surface area contributed by atoms with Gasteiger partial charge >= 0.3 is 0 Å². The lowest BCUT2D eigenvalue weighted by Crippen LogP contribution is -2.52. The second kappa shape index (κ2) is 13.9. The molecule has 39 heavy (non-hydrogen) atoms. The SMILES string of the molecule is CC[C@@H]1O[C@@H]2[C@@H](C)C=C(C)C=C(C)C(=O)N[C@@H]3O[C@H](C(C)C(=O)C=CC1C)C(C)[C@@H]2CC(C)=CC=C[C@H]3OC. The standard InChI is InChI=1S/C33H49NO5/c1-10-28-21(4)14-15-27(35)25(8)31-24(7)26-18-19(2)12-11-13-29(37-9)33(39-31)34-32(36)23(6)17-20(3)16-22(5)30(26)38-28/h11-17,21-22,24-26,28-31,33H,10,18H2,1-9H3,(H,34,36)/t21?,22-,24?,25?,26-,28-,29+,30+,31-,33+/m0/s1. The molecule has 0 aliphatic carbocycles. The molecule has 0 saturated heterocycles. The van der Waals surface area contributed by atoms with E-state index in [0.717, 1.165) is 18.4 Å². The molecule has 3 aliphatic rings. The van der Waals surface area contributed by atoms with E-state index in [1.165, 1.54) is 5.57 Å². The van der Waals surface area contributed by atoms with E-state index in [1.807, 2.05) is 45.1 Å². The topological polar surface area (TPSA) is 73.9 Å². The molecule has 3 aliphatic heterocycles. The zero-order valence-corrected chi connectivity index (χ0v) is 25.3. The molecule has 0 saturated carbocycles. The molecule has 1 amide bonds. The van der Waals surface area contributed by atoms with Gasteiger partial charge in [0.05, 0.1) is 18.3 Å². The summed E-state index contributed by atoms with van der Waals surface area (Å²) in [6.07, 6.45) is 13.5. The van der Waals surface area contributed by atoms with Gasteiger partial charge in [-0.3, -0.25) is 9.59 Å². The summed E-state index contributed by atoms with van der Waals surface area (Å²) in [5, 5.41) is 3.07. The van der Waals surface area contributed by atoms with Crippen LogP contribution in [0, 0.1) is 29.6 Å². The number of hydrogen-bond acceptors (Lipinski definition) is 5. The highest BCUT2D eigenvalue weighted by Crippen LogP contribution is 2.39. The van der Waals surface area contributed by atoms with Crippen molar-refractivity contribution in [1.29, 1.82) is 0 Å². The van der Waals surface area contributed by atoms with Crippen LogP contribution in [0.15, 0.2) is 59.3 Å². The van der Waals surface area contributed by atoms with Crippen molar-refractivity contribution >= 4 is 11.7 Å². The summed E-state index contributed by atoms with van der Waals surface area (Å²) in [6.45, 7) is 16.6. The van der Waals surface area contributed by atoms with Gasteiger partial charge in [0.25, 0.3) is 0 Å². The molecule has 0 radical (unpaired) electrons. The highest BCUT2D eigenvalue weighted by Gasteiger charge is 2.42. The number of rotatable bonds is 2. The molecular formula is C33H49NO5. The van der Waals surface area contributed by atoms with Gasteiger partial charge in [0.1, 0.15) is 6.10 Å². The number of fused-ring (bicyclic) bond motifs is 1. The van der Waals surface area contributed by atoms with E-state index in [4.69, 9.17) is 14.2 Å². The Bertz CT molecular complexity index is 1040. The summed E-state index contributed by atoms with van der Waals surface area (Å²) in [7, 11) is 1.61.